The third-order valence-corrected chi connectivity index (χ3v) is 8.08. The summed E-state index contributed by atoms with van der Waals surface area (Å²) in [7, 11) is 0. The molecule has 1 amide bonds. The van der Waals surface area contributed by atoms with Gasteiger partial charge < -0.3 is 20.6 Å². The third kappa shape index (κ3) is 27.3. The zero-order valence-electron chi connectivity index (χ0n) is 26.7. The van der Waals surface area contributed by atoms with Gasteiger partial charge in [0.2, 0.25) is 5.91 Å². The van der Waals surface area contributed by atoms with E-state index in [4.69, 9.17) is 0 Å². The molecule has 0 aliphatic rings. The predicted octanol–water partition coefficient (Wildman–Crippen LogP) is 8.92. The van der Waals surface area contributed by atoms with E-state index in [9.17, 15) is 20.1 Å². The minimum atomic E-state index is -0.754. The van der Waals surface area contributed by atoms with Gasteiger partial charge in [0, 0.05) is 0 Å². The quantitative estimate of drug-likeness (QED) is 0.0497. The van der Waals surface area contributed by atoms with Gasteiger partial charge in [0.15, 0.2) is 0 Å². The van der Waals surface area contributed by atoms with Crippen molar-refractivity contribution in [3.63, 3.8) is 0 Å². The number of aliphatic hydroxyl groups excluding tert-OH is 3. The molecule has 3 atom stereocenters. The number of rotatable bonds is 31. The van der Waals surface area contributed by atoms with Crippen molar-refractivity contribution in [2.75, 3.05) is 6.61 Å². The molecule has 0 bridgehead atoms. The largest absolute Gasteiger partial charge is 0.394 e. The molecular formula is C35H69NO4. The Labute approximate surface area is 249 Å². The van der Waals surface area contributed by atoms with E-state index in [0.29, 0.717) is 12.8 Å². The van der Waals surface area contributed by atoms with Crippen molar-refractivity contribution < 1.29 is 20.1 Å². The average Bonchev–Trinajstić information content (AvgIpc) is 2.94. The van der Waals surface area contributed by atoms with Gasteiger partial charge in [-0.15, -0.1) is 0 Å². The summed E-state index contributed by atoms with van der Waals surface area (Å²) in [5.41, 5.74) is 0. The standard InChI is InChI=1S/C35H69NO4/c1-3-5-7-9-11-12-13-14-15-16-17-18-19-20-21-23-25-27-29-34(39)33(31-37)36-35(40)30-32(38)28-26-24-22-10-8-6-4-2/h24,26,32-34,37-39H,3-23,25,27-31H2,1-2H3,(H,36,40)/b26-24-. The van der Waals surface area contributed by atoms with Gasteiger partial charge in [-0.25, -0.2) is 0 Å². The lowest BCUT2D eigenvalue weighted by molar-refractivity contribution is -0.125. The van der Waals surface area contributed by atoms with E-state index >= 15 is 0 Å². The monoisotopic (exact) mass is 568 g/mol. The molecule has 3 unspecified atom stereocenters. The number of nitrogens with one attached hydrogen (secondary N) is 1. The van der Waals surface area contributed by atoms with Crippen molar-refractivity contribution >= 4 is 5.91 Å². The molecule has 0 radical (unpaired) electrons. The Morgan fingerprint density at radius 1 is 0.625 bits per heavy atom. The van der Waals surface area contributed by atoms with Crippen molar-refractivity contribution in [1.29, 1.82) is 0 Å². The topological polar surface area (TPSA) is 89.8 Å². The van der Waals surface area contributed by atoms with E-state index in [1.165, 1.54) is 122 Å². The van der Waals surface area contributed by atoms with E-state index < -0.39 is 18.2 Å². The molecule has 0 aliphatic carbocycles. The lowest BCUT2D eigenvalue weighted by Gasteiger charge is -2.23. The molecule has 40 heavy (non-hydrogen) atoms. The van der Waals surface area contributed by atoms with Crippen LogP contribution in [0.4, 0.5) is 0 Å². The molecule has 5 heteroatoms. The molecule has 0 rings (SSSR count). The van der Waals surface area contributed by atoms with Crippen molar-refractivity contribution in [2.45, 2.75) is 199 Å². The van der Waals surface area contributed by atoms with Crippen LogP contribution in [0.5, 0.6) is 0 Å². The first kappa shape index (κ1) is 39.1. The normalized spacial score (nSPS) is 14.0. The van der Waals surface area contributed by atoms with Crippen LogP contribution in [0.3, 0.4) is 0 Å². The lowest BCUT2D eigenvalue weighted by Crippen LogP contribution is -2.46. The van der Waals surface area contributed by atoms with Crippen LogP contribution in [0.15, 0.2) is 12.2 Å². The molecule has 0 aromatic heterocycles. The van der Waals surface area contributed by atoms with Crippen LogP contribution in [0.2, 0.25) is 0 Å². The number of amides is 1. The Morgan fingerprint density at radius 2 is 1.05 bits per heavy atom. The zero-order chi connectivity index (χ0) is 29.5. The van der Waals surface area contributed by atoms with E-state index in [0.717, 1.165) is 25.7 Å². The molecule has 0 heterocycles. The second-order valence-electron chi connectivity index (χ2n) is 12.1. The molecule has 0 fully saturated rings. The molecule has 0 saturated heterocycles. The maximum atomic E-state index is 12.3. The first-order valence-corrected chi connectivity index (χ1v) is 17.5. The van der Waals surface area contributed by atoms with Crippen LogP contribution in [0, 0.1) is 0 Å². The highest BCUT2D eigenvalue weighted by Crippen LogP contribution is 2.15. The molecule has 0 aliphatic heterocycles. The minimum absolute atomic E-state index is 0.0113. The van der Waals surface area contributed by atoms with Crippen LogP contribution in [-0.2, 0) is 4.79 Å². The lowest BCUT2D eigenvalue weighted by atomic mass is 10.0. The fraction of sp³-hybridized carbons (Fsp3) is 0.914. The third-order valence-electron chi connectivity index (χ3n) is 8.08. The maximum Gasteiger partial charge on any atom is 0.222 e. The first-order valence-electron chi connectivity index (χ1n) is 17.5. The van der Waals surface area contributed by atoms with E-state index in [1.807, 2.05) is 6.08 Å². The summed E-state index contributed by atoms with van der Waals surface area (Å²) in [4.78, 5) is 12.3. The minimum Gasteiger partial charge on any atom is -0.394 e. The van der Waals surface area contributed by atoms with Gasteiger partial charge in [0.1, 0.15) is 0 Å². The summed E-state index contributed by atoms with van der Waals surface area (Å²) in [6, 6.07) is -0.667. The average molecular weight is 568 g/mol. The summed E-state index contributed by atoms with van der Waals surface area (Å²) in [5.74, 6) is -0.320. The molecule has 0 aromatic carbocycles. The van der Waals surface area contributed by atoms with Gasteiger partial charge >= 0.3 is 0 Å². The fourth-order valence-corrected chi connectivity index (χ4v) is 5.34. The van der Waals surface area contributed by atoms with Crippen molar-refractivity contribution in [2.24, 2.45) is 0 Å². The molecule has 5 nitrogen and oxygen atoms in total. The van der Waals surface area contributed by atoms with Gasteiger partial charge in [0.25, 0.3) is 0 Å². The Hall–Kier alpha value is -0.910. The van der Waals surface area contributed by atoms with Gasteiger partial charge in [0.05, 0.1) is 31.3 Å². The van der Waals surface area contributed by atoms with Gasteiger partial charge in [-0.1, -0.05) is 161 Å². The second-order valence-corrected chi connectivity index (χ2v) is 12.1. The Bertz CT molecular complexity index is 554. The van der Waals surface area contributed by atoms with Crippen LogP contribution >= 0.6 is 0 Å². The molecule has 0 aromatic rings. The first-order chi connectivity index (χ1) is 19.5. The Morgan fingerprint density at radius 3 is 1.50 bits per heavy atom. The van der Waals surface area contributed by atoms with E-state index in [2.05, 4.69) is 25.2 Å². The summed E-state index contributed by atoms with van der Waals surface area (Å²) < 4.78 is 0. The number of allylic oxidation sites excluding steroid dienone is 1. The number of hydrogen-bond acceptors (Lipinski definition) is 4. The molecule has 238 valence electrons. The van der Waals surface area contributed by atoms with E-state index in [-0.39, 0.29) is 18.9 Å². The van der Waals surface area contributed by atoms with Gasteiger partial charge in [-0.2, -0.15) is 0 Å². The number of unbranched alkanes of at least 4 members (excludes halogenated alkanes) is 21. The SMILES string of the molecule is CCCCCC/C=C\CC(O)CC(=O)NC(CO)C(O)CCCCCCCCCCCCCCCCCCCC. The smallest absolute Gasteiger partial charge is 0.222 e. The number of carbonyl (C=O) groups is 1. The second kappa shape index (κ2) is 31.0. The summed E-state index contributed by atoms with van der Waals surface area (Å²) >= 11 is 0. The van der Waals surface area contributed by atoms with Crippen LogP contribution in [0.25, 0.3) is 0 Å². The van der Waals surface area contributed by atoms with Crippen molar-refractivity contribution in [3.05, 3.63) is 12.2 Å². The zero-order valence-corrected chi connectivity index (χ0v) is 26.7. The molecule has 0 spiro atoms. The van der Waals surface area contributed by atoms with Crippen molar-refractivity contribution in [1.82, 2.24) is 5.32 Å². The van der Waals surface area contributed by atoms with Crippen LogP contribution < -0.4 is 5.32 Å². The van der Waals surface area contributed by atoms with Crippen molar-refractivity contribution in [3.8, 4) is 0 Å². The summed E-state index contributed by atoms with van der Waals surface area (Å²) in [6.45, 7) is 4.18. The van der Waals surface area contributed by atoms with Crippen LogP contribution in [-0.4, -0.2) is 46.1 Å². The Balaban J connectivity index is 3.64. The fourth-order valence-electron chi connectivity index (χ4n) is 5.34. The molecule has 0 saturated carbocycles. The number of hydrogen-bond donors (Lipinski definition) is 4. The number of aliphatic hydroxyl groups is 3. The summed E-state index contributed by atoms with van der Waals surface area (Å²) in [6.07, 6.45) is 33.3. The maximum absolute atomic E-state index is 12.3. The van der Waals surface area contributed by atoms with Crippen LogP contribution in [0.1, 0.15) is 181 Å². The number of carbonyl (C=O) groups excluding carboxylic acids is 1. The molecule has 4 N–H and O–H groups in total. The van der Waals surface area contributed by atoms with Gasteiger partial charge in [-0.05, 0) is 25.7 Å². The van der Waals surface area contributed by atoms with E-state index in [1.54, 1.807) is 0 Å². The van der Waals surface area contributed by atoms with Gasteiger partial charge in [-0.3, -0.25) is 4.79 Å². The predicted molar refractivity (Wildman–Crippen MR) is 172 cm³/mol. The Kier molecular flexibility index (Phi) is 30.3. The highest BCUT2D eigenvalue weighted by Gasteiger charge is 2.21. The highest BCUT2D eigenvalue weighted by molar-refractivity contribution is 5.76. The highest BCUT2D eigenvalue weighted by atomic mass is 16.3. The summed E-state index contributed by atoms with van der Waals surface area (Å²) in [5, 5.41) is 32.9. The molecular weight excluding hydrogens is 498 g/mol.